The van der Waals surface area contributed by atoms with E-state index in [1.54, 1.807) is 12.2 Å². The van der Waals surface area contributed by atoms with Crippen molar-refractivity contribution in [3.63, 3.8) is 0 Å². The summed E-state index contributed by atoms with van der Waals surface area (Å²) in [4.78, 5) is 0. The fourth-order valence-electron chi connectivity index (χ4n) is 0.530. The largest absolute Gasteiger partial charge is 0.127 e. The number of hydrogen-bond donors (Lipinski definition) is 0. The van der Waals surface area contributed by atoms with E-state index in [-0.39, 0.29) is 0 Å². The van der Waals surface area contributed by atoms with Gasteiger partial charge < -0.3 is 0 Å². The zero-order valence-corrected chi connectivity index (χ0v) is 7.36. The Bertz CT molecular complexity index is 230. The third kappa shape index (κ3) is 2.57. The van der Waals surface area contributed by atoms with Crippen molar-refractivity contribution in [1.82, 2.24) is 20.6 Å². The first-order valence-electron chi connectivity index (χ1n) is 3.69. The van der Waals surface area contributed by atoms with Crippen LogP contribution in [0.1, 0.15) is 25.2 Å². The van der Waals surface area contributed by atoms with E-state index in [0.29, 0.717) is 11.4 Å². The number of nitrogens with zero attached hydrogens (tertiary/aromatic N) is 4. The lowest BCUT2D eigenvalue weighted by Gasteiger charge is -1.91. The molecular weight excluding hydrogens is 152 g/mol. The van der Waals surface area contributed by atoms with Crippen LogP contribution in [-0.2, 0) is 0 Å². The maximum absolute atomic E-state index is 3.66. The van der Waals surface area contributed by atoms with Crippen molar-refractivity contribution < 1.29 is 0 Å². The Balaban J connectivity index is 0.000000561. The van der Waals surface area contributed by atoms with Crippen molar-refractivity contribution >= 4 is 12.2 Å². The molecule has 0 radical (unpaired) electrons. The van der Waals surface area contributed by atoms with Crippen LogP contribution in [0.25, 0.3) is 12.2 Å². The highest BCUT2D eigenvalue weighted by Gasteiger charge is 1.95. The molecule has 0 amide bonds. The molecule has 0 bridgehead atoms. The molecule has 0 aromatic carbocycles. The Hall–Kier alpha value is -1.58. The zero-order chi connectivity index (χ0) is 9.40. The third-order valence-electron chi connectivity index (χ3n) is 0.994. The fraction of sp³-hybridized carbons (Fsp3) is 0.250. The van der Waals surface area contributed by atoms with Crippen LogP contribution in [0, 0.1) is 0 Å². The van der Waals surface area contributed by atoms with Gasteiger partial charge in [0.15, 0.2) is 0 Å². The predicted octanol–water partition coefficient (Wildman–Crippen LogP) is 1.58. The molecule has 64 valence electrons. The van der Waals surface area contributed by atoms with Gasteiger partial charge in [-0.15, -0.1) is 10.2 Å². The molecule has 4 nitrogen and oxygen atoms in total. The average Bonchev–Trinajstić information content (AvgIpc) is 2.20. The second-order valence-corrected chi connectivity index (χ2v) is 1.56. The summed E-state index contributed by atoms with van der Waals surface area (Å²) in [6.45, 7) is 11.0. The molecule has 0 saturated carbocycles. The van der Waals surface area contributed by atoms with Crippen LogP contribution < -0.4 is 0 Å². The minimum atomic E-state index is 0.602. The van der Waals surface area contributed by atoms with Gasteiger partial charge in [-0.1, -0.05) is 27.0 Å². The van der Waals surface area contributed by atoms with Crippen LogP contribution in [0.4, 0.5) is 0 Å². The van der Waals surface area contributed by atoms with Gasteiger partial charge in [-0.3, -0.25) is 0 Å². The lowest BCUT2D eigenvalue weighted by molar-refractivity contribution is 0.750. The Kier molecular flexibility index (Phi) is 5.34. The van der Waals surface area contributed by atoms with Crippen LogP contribution in [0.5, 0.6) is 0 Å². The molecule has 0 fully saturated rings. The Morgan fingerprint density at radius 2 is 1.25 bits per heavy atom. The summed E-state index contributed by atoms with van der Waals surface area (Å²) in [6.07, 6.45) is 3.11. The van der Waals surface area contributed by atoms with Crippen LogP contribution in [-0.4, -0.2) is 20.6 Å². The summed E-state index contributed by atoms with van der Waals surface area (Å²) < 4.78 is 0. The summed E-state index contributed by atoms with van der Waals surface area (Å²) in [5.74, 6) is 0. The topological polar surface area (TPSA) is 51.6 Å². The van der Waals surface area contributed by atoms with Crippen molar-refractivity contribution in [2.24, 2.45) is 0 Å². The van der Waals surface area contributed by atoms with Crippen molar-refractivity contribution in [3.05, 3.63) is 24.5 Å². The predicted molar refractivity (Wildman–Crippen MR) is 49.2 cm³/mol. The van der Waals surface area contributed by atoms with Crippen molar-refractivity contribution in [2.45, 2.75) is 13.8 Å². The molecule has 0 aliphatic rings. The van der Waals surface area contributed by atoms with E-state index in [2.05, 4.69) is 33.8 Å². The second kappa shape index (κ2) is 6.15. The molecule has 0 atom stereocenters. The summed E-state index contributed by atoms with van der Waals surface area (Å²) in [5, 5.41) is 14.0. The molecule has 0 saturated heterocycles. The molecule has 0 spiro atoms. The first-order chi connectivity index (χ1) is 5.88. The molecule has 1 rings (SSSR count). The molecule has 0 aliphatic heterocycles. The van der Waals surface area contributed by atoms with Crippen LogP contribution in [0.2, 0.25) is 0 Å². The summed E-state index contributed by atoms with van der Waals surface area (Å²) in [7, 11) is 0. The zero-order valence-electron chi connectivity index (χ0n) is 7.36. The van der Waals surface area contributed by atoms with Crippen LogP contribution in [0.15, 0.2) is 13.2 Å². The quantitative estimate of drug-likeness (QED) is 0.665. The average molecular weight is 164 g/mol. The van der Waals surface area contributed by atoms with Crippen LogP contribution in [0.3, 0.4) is 0 Å². The highest BCUT2D eigenvalue weighted by Crippen LogP contribution is 2.00. The van der Waals surface area contributed by atoms with Gasteiger partial charge in [0.2, 0.25) is 0 Å². The minimum Gasteiger partial charge on any atom is -0.127 e. The standard InChI is InChI=1S/C6H6N4.C2H6/c1-3-5-6(4-2)8-10-9-7-5;1-2/h3-4H,1-2H2;1-2H3. The molecule has 0 unspecified atom stereocenters. The van der Waals surface area contributed by atoms with Crippen molar-refractivity contribution in [1.29, 1.82) is 0 Å². The molecule has 0 N–H and O–H groups in total. The van der Waals surface area contributed by atoms with Gasteiger partial charge in [0.25, 0.3) is 0 Å². The fourth-order valence-corrected chi connectivity index (χ4v) is 0.530. The van der Waals surface area contributed by atoms with Gasteiger partial charge in [-0.25, -0.2) is 0 Å². The first-order valence-corrected chi connectivity index (χ1v) is 3.69. The number of aromatic nitrogens is 4. The van der Waals surface area contributed by atoms with E-state index in [4.69, 9.17) is 0 Å². The van der Waals surface area contributed by atoms with E-state index in [9.17, 15) is 0 Å². The smallest absolute Gasteiger partial charge is 0.114 e. The van der Waals surface area contributed by atoms with Gasteiger partial charge in [-0.2, -0.15) is 0 Å². The Morgan fingerprint density at radius 3 is 1.50 bits per heavy atom. The second-order valence-electron chi connectivity index (χ2n) is 1.56. The van der Waals surface area contributed by atoms with Gasteiger partial charge in [0.1, 0.15) is 11.4 Å². The van der Waals surface area contributed by atoms with Gasteiger partial charge in [0, 0.05) is 0 Å². The van der Waals surface area contributed by atoms with Gasteiger partial charge in [0.05, 0.1) is 0 Å². The highest BCUT2D eigenvalue weighted by atomic mass is 15.4. The maximum atomic E-state index is 3.66. The van der Waals surface area contributed by atoms with Crippen molar-refractivity contribution in [2.75, 3.05) is 0 Å². The normalized spacial score (nSPS) is 7.83. The molecule has 12 heavy (non-hydrogen) atoms. The molecule has 1 heterocycles. The van der Waals surface area contributed by atoms with E-state index in [1.165, 1.54) is 0 Å². The highest BCUT2D eigenvalue weighted by molar-refractivity contribution is 5.55. The molecule has 0 aliphatic carbocycles. The Labute approximate surface area is 72.0 Å². The summed E-state index contributed by atoms with van der Waals surface area (Å²) in [5.41, 5.74) is 1.20. The third-order valence-corrected chi connectivity index (χ3v) is 0.994. The van der Waals surface area contributed by atoms with Crippen molar-refractivity contribution in [3.8, 4) is 0 Å². The minimum absolute atomic E-state index is 0.602. The van der Waals surface area contributed by atoms with E-state index < -0.39 is 0 Å². The van der Waals surface area contributed by atoms with E-state index in [1.807, 2.05) is 13.8 Å². The lowest BCUT2D eigenvalue weighted by Crippen LogP contribution is -1.97. The maximum Gasteiger partial charge on any atom is 0.114 e. The monoisotopic (exact) mass is 164 g/mol. The van der Waals surface area contributed by atoms with Gasteiger partial charge >= 0.3 is 0 Å². The van der Waals surface area contributed by atoms with E-state index >= 15 is 0 Å². The first kappa shape index (κ1) is 10.4. The summed E-state index contributed by atoms with van der Waals surface area (Å²) in [6, 6.07) is 0. The van der Waals surface area contributed by atoms with E-state index in [0.717, 1.165) is 0 Å². The number of rotatable bonds is 2. The number of hydrogen-bond acceptors (Lipinski definition) is 4. The van der Waals surface area contributed by atoms with Gasteiger partial charge in [-0.05, 0) is 22.6 Å². The molecule has 1 aromatic heterocycles. The Morgan fingerprint density at radius 1 is 0.917 bits per heavy atom. The molecular formula is C8H12N4. The lowest BCUT2D eigenvalue weighted by atomic mass is 10.3. The SMILES string of the molecule is C=Cc1nnnnc1C=C.CC. The summed E-state index contributed by atoms with van der Waals surface area (Å²) >= 11 is 0. The molecule has 1 aromatic rings. The van der Waals surface area contributed by atoms with Crippen LogP contribution >= 0.6 is 0 Å². The molecule has 4 heteroatoms.